The average molecular weight is 351 g/mol. The van der Waals surface area contributed by atoms with Gasteiger partial charge < -0.3 is 8.71 Å². The van der Waals surface area contributed by atoms with E-state index in [1.165, 1.54) is 6.07 Å². The van der Waals surface area contributed by atoms with Crippen molar-refractivity contribution in [2.45, 2.75) is 45.7 Å². The van der Waals surface area contributed by atoms with Crippen LogP contribution in [-0.2, 0) is 30.4 Å². The van der Waals surface area contributed by atoms with Crippen molar-refractivity contribution in [2.24, 2.45) is 0 Å². The van der Waals surface area contributed by atoms with Crippen LogP contribution < -0.4 is 4.18 Å². The third-order valence-electron chi connectivity index (χ3n) is 3.33. The Morgan fingerprint density at radius 3 is 2.48 bits per heavy atom. The SMILES string of the molecule is CCCc1cc2c(C(F)(F)F)noc2c(CCC)c1OS(=O)O. The van der Waals surface area contributed by atoms with Crippen LogP contribution in [0.3, 0.4) is 0 Å². The highest BCUT2D eigenvalue weighted by molar-refractivity contribution is 7.74. The molecule has 0 saturated heterocycles. The van der Waals surface area contributed by atoms with Gasteiger partial charge in [-0.25, -0.2) is 0 Å². The highest BCUT2D eigenvalue weighted by atomic mass is 32.2. The first-order chi connectivity index (χ1) is 10.8. The molecule has 2 aromatic rings. The van der Waals surface area contributed by atoms with E-state index in [-0.39, 0.29) is 16.7 Å². The molecule has 0 radical (unpaired) electrons. The van der Waals surface area contributed by atoms with Gasteiger partial charge in [0, 0.05) is 5.56 Å². The molecule has 0 aliphatic heterocycles. The van der Waals surface area contributed by atoms with Gasteiger partial charge >= 0.3 is 17.5 Å². The molecule has 0 aliphatic carbocycles. The predicted molar refractivity (Wildman–Crippen MR) is 78.4 cm³/mol. The molecule has 0 amide bonds. The molecule has 9 heteroatoms. The van der Waals surface area contributed by atoms with Gasteiger partial charge in [0.15, 0.2) is 17.0 Å². The predicted octanol–water partition coefficient (Wildman–Crippen LogP) is 4.27. The van der Waals surface area contributed by atoms with E-state index in [9.17, 15) is 17.4 Å². The molecule has 1 aromatic heterocycles. The number of aryl methyl sites for hydroxylation is 2. The fourth-order valence-corrected chi connectivity index (χ4v) is 2.85. The summed E-state index contributed by atoms with van der Waals surface area (Å²) >= 11 is -2.58. The summed E-state index contributed by atoms with van der Waals surface area (Å²) in [5.41, 5.74) is -0.392. The first kappa shape index (κ1) is 17.7. The molecule has 1 unspecified atom stereocenters. The number of aromatic nitrogens is 1. The second-order valence-corrected chi connectivity index (χ2v) is 5.65. The quantitative estimate of drug-likeness (QED) is 0.787. The van der Waals surface area contributed by atoms with Crippen LogP contribution in [0.4, 0.5) is 13.2 Å². The standard InChI is InChI=1S/C14H16F3NO4S/c1-3-5-8-7-10-12(21-18-13(10)14(15,16)17)9(6-4-2)11(8)22-23(19)20/h7H,3-6H2,1-2H3,(H,19,20). The number of alkyl halides is 3. The Morgan fingerprint density at radius 1 is 1.30 bits per heavy atom. The highest BCUT2D eigenvalue weighted by Crippen LogP contribution is 2.40. The minimum absolute atomic E-state index is 0.0560. The van der Waals surface area contributed by atoms with Crippen molar-refractivity contribution in [1.82, 2.24) is 5.16 Å². The van der Waals surface area contributed by atoms with Crippen LogP contribution in [0.15, 0.2) is 10.6 Å². The topological polar surface area (TPSA) is 72.6 Å². The Bertz CT molecular complexity index is 727. The summed E-state index contributed by atoms with van der Waals surface area (Å²) in [4.78, 5) is 0. The zero-order valence-electron chi connectivity index (χ0n) is 12.6. The maximum absolute atomic E-state index is 13.1. The number of hydrogen-bond acceptors (Lipinski definition) is 4. The molecule has 0 saturated carbocycles. The van der Waals surface area contributed by atoms with Crippen molar-refractivity contribution in [2.75, 3.05) is 0 Å². The van der Waals surface area contributed by atoms with E-state index in [4.69, 9.17) is 13.3 Å². The Balaban J connectivity index is 2.78. The van der Waals surface area contributed by atoms with Gasteiger partial charge in [0.2, 0.25) is 0 Å². The van der Waals surface area contributed by atoms with E-state index in [2.05, 4.69) is 5.16 Å². The first-order valence-electron chi connectivity index (χ1n) is 7.10. The van der Waals surface area contributed by atoms with Crippen LogP contribution in [-0.4, -0.2) is 13.9 Å². The van der Waals surface area contributed by atoms with Crippen LogP contribution in [0.25, 0.3) is 11.0 Å². The summed E-state index contributed by atoms with van der Waals surface area (Å²) in [6.07, 6.45) is -2.66. The molecule has 1 aromatic carbocycles. The smallest absolute Gasteiger partial charge is 0.379 e. The minimum atomic E-state index is -4.64. The molecular weight excluding hydrogens is 335 g/mol. The monoisotopic (exact) mass is 351 g/mol. The van der Waals surface area contributed by atoms with Gasteiger partial charge in [0.05, 0.1) is 5.39 Å². The molecule has 0 fully saturated rings. The summed E-state index contributed by atoms with van der Waals surface area (Å²) in [6, 6.07) is 1.28. The highest BCUT2D eigenvalue weighted by Gasteiger charge is 2.38. The van der Waals surface area contributed by atoms with Crippen LogP contribution >= 0.6 is 0 Å². The maximum atomic E-state index is 13.1. The summed E-state index contributed by atoms with van der Waals surface area (Å²) in [5.74, 6) is 0.104. The lowest BCUT2D eigenvalue weighted by molar-refractivity contribution is -0.141. The van der Waals surface area contributed by atoms with Crippen LogP contribution in [0.2, 0.25) is 0 Å². The van der Waals surface area contributed by atoms with Crippen LogP contribution in [0.1, 0.15) is 43.5 Å². The number of nitrogens with zero attached hydrogens (tertiary/aromatic N) is 1. The lowest BCUT2D eigenvalue weighted by Crippen LogP contribution is -2.07. The lowest BCUT2D eigenvalue weighted by atomic mass is 9.98. The molecule has 0 aliphatic rings. The summed E-state index contributed by atoms with van der Waals surface area (Å²) in [7, 11) is 0. The Kier molecular flexibility index (Phi) is 5.30. The van der Waals surface area contributed by atoms with Gasteiger partial charge in [-0.1, -0.05) is 31.8 Å². The van der Waals surface area contributed by atoms with E-state index in [0.717, 1.165) is 0 Å². The molecule has 1 N–H and O–H groups in total. The van der Waals surface area contributed by atoms with Crippen molar-refractivity contribution >= 4 is 22.3 Å². The molecule has 2 rings (SSSR count). The Labute approximate surface area is 133 Å². The molecule has 5 nitrogen and oxygen atoms in total. The van der Waals surface area contributed by atoms with Gasteiger partial charge in [-0.2, -0.15) is 17.4 Å². The molecule has 0 bridgehead atoms. The van der Waals surface area contributed by atoms with Crippen molar-refractivity contribution in [3.63, 3.8) is 0 Å². The van der Waals surface area contributed by atoms with Gasteiger partial charge in [-0.3, -0.25) is 4.55 Å². The minimum Gasteiger partial charge on any atom is -0.379 e. The number of benzene rings is 1. The number of halogens is 3. The van der Waals surface area contributed by atoms with E-state index in [1.54, 1.807) is 0 Å². The Morgan fingerprint density at radius 2 is 1.96 bits per heavy atom. The normalized spacial score (nSPS) is 13.5. The van der Waals surface area contributed by atoms with Crippen molar-refractivity contribution in [3.05, 3.63) is 22.9 Å². The zero-order valence-corrected chi connectivity index (χ0v) is 13.4. The summed E-state index contributed by atoms with van der Waals surface area (Å²) in [5, 5.41) is 2.98. The molecular formula is C14H16F3NO4S. The average Bonchev–Trinajstić information content (AvgIpc) is 2.85. The van der Waals surface area contributed by atoms with Gasteiger partial charge in [0.1, 0.15) is 0 Å². The summed E-state index contributed by atoms with van der Waals surface area (Å²) < 4.78 is 69.1. The van der Waals surface area contributed by atoms with Crippen molar-refractivity contribution < 1.29 is 30.6 Å². The number of hydrogen-bond donors (Lipinski definition) is 1. The van der Waals surface area contributed by atoms with E-state index < -0.39 is 23.2 Å². The lowest BCUT2D eigenvalue weighted by Gasteiger charge is -2.13. The largest absolute Gasteiger partial charge is 0.437 e. The zero-order chi connectivity index (χ0) is 17.2. The molecule has 0 spiro atoms. The first-order valence-corrected chi connectivity index (χ1v) is 8.13. The Hall–Kier alpha value is -1.61. The fourth-order valence-electron chi connectivity index (χ4n) is 2.50. The van der Waals surface area contributed by atoms with Crippen LogP contribution in [0.5, 0.6) is 5.75 Å². The number of rotatable bonds is 6. The van der Waals surface area contributed by atoms with Gasteiger partial charge in [-0.15, -0.1) is 0 Å². The maximum Gasteiger partial charge on any atom is 0.437 e. The van der Waals surface area contributed by atoms with Gasteiger partial charge in [-0.05, 0) is 24.5 Å². The van der Waals surface area contributed by atoms with E-state index >= 15 is 0 Å². The molecule has 128 valence electrons. The second-order valence-electron chi connectivity index (χ2n) is 5.05. The van der Waals surface area contributed by atoms with Crippen LogP contribution in [0, 0.1) is 0 Å². The third-order valence-corrected chi connectivity index (χ3v) is 3.64. The molecule has 1 heterocycles. The molecule has 1 atom stereocenters. The third kappa shape index (κ3) is 3.66. The summed E-state index contributed by atoms with van der Waals surface area (Å²) in [6.45, 7) is 3.68. The van der Waals surface area contributed by atoms with E-state index in [1.807, 2.05) is 13.8 Å². The van der Waals surface area contributed by atoms with Gasteiger partial charge in [0.25, 0.3) is 0 Å². The van der Waals surface area contributed by atoms with E-state index in [0.29, 0.717) is 36.8 Å². The second kappa shape index (κ2) is 6.88. The number of fused-ring (bicyclic) bond motifs is 1. The fraction of sp³-hybridized carbons (Fsp3) is 0.500. The molecule has 23 heavy (non-hydrogen) atoms. The van der Waals surface area contributed by atoms with Crippen molar-refractivity contribution in [3.8, 4) is 5.75 Å². The van der Waals surface area contributed by atoms with Crippen molar-refractivity contribution in [1.29, 1.82) is 0 Å².